The summed E-state index contributed by atoms with van der Waals surface area (Å²) >= 11 is 1.67. The first-order valence-corrected chi connectivity index (χ1v) is 21.7. The minimum Gasteiger partial charge on any atom is -0.512 e. The van der Waals surface area contributed by atoms with Crippen LogP contribution in [0.1, 0.15) is 160 Å². The minimum absolute atomic E-state index is 0. The maximum absolute atomic E-state index is 11.7. The molecule has 0 spiro atoms. The first kappa shape index (κ1) is 43.5. The number of hydrogen-bond acceptors (Lipinski definition) is 5. The second-order valence-corrected chi connectivity index (χ2v) is 20.4. The van der Waals surface area contributed by atoms with Gasteiger partial charge >= 0.3 is 0 Å². The Hall–Kier alpha value is -3.05. The number of ketones is 1. The number of pyridine rings is 1. The number of aliphatic hydroxyl groups is 1. The topological polar surface area (TPSA) is 70.4 Å². The van der Waals surface area contributed by atoms with E-state index in [1.54, 1.807) is 17.5 Å². The molecule has 6 heteroatoms. The van der Waals surface area contributed by atoms with E-state index in [2.05, 4.69) is 84.9 Å². The van der Waals surface area contributed by atoms with Crippen LogP contribution < -0.4 is 0 Å². The van der Waals surface area contributed by atoms with E-state index in [0.717, 1.165) is 70.0 Å². The number of aliphatic hydroxyl groups excluding tert-OH is 1. The molecule has 1 aliphatic carbocycles. The van der Waals surface area contributed by atoms with Gasteiger partial charge < -0.3 is 10.2 Å². The SMILES string of the molecule is CCC(CC)C(=O)/C=C(\O)C(CC)CC.[2H]C([2H])(c1cc2c(c3sc4c(-c5[c-]c6ccccc6c(C(C)(C)C)c5)ncc(O)c4c13)C(C)(C)CCC2(C)C)C(C)(C)C.[Ir]. The first-order valence-electron chi connectivity index (χ1n) is 21.9. The molecule has 0 bridgehead atoms. The van der Waals surface area contributed by atoms with Gasteiger partial charge in [0.25, 0.3) is 0 Å². The predicted molar refractivity (Wildman–Crippen MR) is 242 cm³/mol. The number of carbonyl (C=O) groups is 1. The summed E-state index contributed by atoms with van der Waals surface area (Å²) in [7, 11) is 0. The van der Waals surface area contributed by atoms with E-state index in [-0.39, 0.29) is 65.5 Å². The summed E-state index contributed by atoms with van der Waals surface area (Å²) in [6.45, 7) is 29.9. The van der Waals surface area contributed by atoms with Crippen LogP contribution in [0.3, 0.4) is 0 Å². The molecule has 5 aromatic rings. The quantitative estimate of drug-likeness (QED) is 0.0877. The molecule has 0 fully saturated rings. The second kappa shape index (κ2) is 17.7. The molecule has 0 atom stereocenters. The zero-order valence-electron chi connectivity index (χ0n) is 39.0. The number of fused-ring (bicyclic) bond motifs is 6. The van der Waals surface area contributed by atoms with E-state index >= 15 is 0 Å². The van der Waals surface area contributed by atoms with Crippen molar-refractivity contribution in [1.29, 1.82) is 0 Å². The Bertz CT molecular complexity index is 2350. The molecule has 2 N–H and O–H groups in total. The van der Waals surface area contributed by atoms with Crippen LogP contribution in [0.25, 0.3) is 42.2 Å². The number of nitrogens with zero attached hydrogens (tertiary/aromatic N) is 1. The molecule has 57 heavy (non-hydrogen) atoms. The number of rotatable bonds is 9. The zero-order valence-corrected chi connectivity index (χ0v) is 40.2. The molecule has 1 radical (unpaired) electrons. The van der Waals surface area contributed by atoms with Crippen molar-refractivity contribution in [2.45, 2.75) is 158 Å². The van der Waals surface area contributed by atoms with Crippen LogP contribution in [0.2, 0.25) is 0 Å². The average molecular weight is 969 g/mol. The summed E-state index contributed by atoms with van der Waals surface area (Å²) < 4.78 is 21.0. The van der Waals surface area contributed by atoms with Crippen molar-refractivity contribution in [3.8, 4) is 17.0 Å². The van der Waals surface area contributed by atoms with Crippen molar-refractivity contribution in [3.05, 3.63) is 82.8 Å². The maximum Gasteiger partial charge on any atom is 0.162 e. The molecule has 0 saturated carbocycles. The second-order valence-electron chi connectivity index (χ2n) is 19.4. The van der Waals surface area contributed by atoms with Crippen molar-refractivity contribution in [1.82, 2.24) is 4.98 Å². The Labute approximate surface area is 364 Å². The smallest absolute Gasteiger partial charge is 0.162 e. The van der Waals surface area contributed by atoms with Crippen LogP contribution in [0.15, 0.2) is 54.4 Å². The summed E-state index contributed by atoms with van der Waals surface area (Å²) in [6, 6.07) is 16.4. The van der Waals surface area contributed by atoms with Gasteiger partial charge in [0.2, 0.25) is 0 Å². The molecule has 4 nitrogen and oxygen atoms in total. The zero-order chi connectivity index (χ0) is 43.3. The molecule has 0 unspecified atom stereocenters. The predicted octanol–water partition coefficient (Wildman–Crippen LogP) is 14.9. The summed E-state index contributed by atoms with van der Waals surface area (Å²) in [5.74, 6) is 0.645. The van der Waals surface area contributed by atoms with Gasteiger partial charge in [0, 0.05) is 66.6 Å². The van der Waals surface area contributed by atoms with Gasteiger partial charge in [-0.3, -0.25) is 9.78 Å². The van der Waals surface area contributed by atoms with Gasteiger partial charge in [0.15, 0.2) is 5.78 Å². The Balaban J connectivity index is 0.000000411. The van der Waals surface area contributed by atoms with Gasteiger partial charge in [-0.05, 0) is 83.2 Å². The molecule has 3 aromatic carbocycles. The van der Waals surface area contributed by atoms with Crippen LogP contribution in [-0.2, 0) is 47.5 Å². The summed E-state index contributed by atoms with van der Waals surface area (Å²) in [5, 5.41) is 25.0. The number of aromatic hydroxyl groups is 1. The number of carbonyl (C=O) groups excluding carboxylic acids is 1. The summed E-state index contributed by atoms with van der Waals surface area (Å²) in [6.07, 6.45) is 6.90. The number of thiophene rings is 1. The third kappa shape index (κ3) is 9.71. The summed E-state index contributed by atoms with van der Waals surface area (Å²) in [4.78, 5) is 16.6. The third-order valence-electron chi connectivity index (χ3n) is 12.0. The number of hydrogen-bond donors (Lipinski definition) is 2. The molecule has 1 aliphatic rings. The molecule has 0 aliphatic heterocycles. The fraction of sp³-hybridized carbons (Fsp3) is 0.529. The van der Waals surface area contributed by atoms with Crippen molar-refractivity contribution < 1.29 is 37.9 Å². The molecular formula is C51H68IrNO3S-. The fourth-order valence-electron chi connectivity index (χ4n) is 8.48. The average Bonchev–Trinajstić information content (AvgIpc) is 3.54. The largest absolute Gasteiger partial charge is 0.512 e. The van der Waals surface area contributed by atoms with Gasteiger partial charge in [-0.1, -0.05) is 132 Å². The van der Waals surface area contributed by atoms with Gasteiger partial charge in [-0.2, -0.15) is 0 Å². The normalized spacial score (nSPS) is 16.2. The van der Waals surface area contributed by atoms with Gasteiger partial charge in [0.1, 0.15) is 5.75 Å². The van der Waals surface area contributed by atoms with Crippen molar-refractivity contribution in [3.63, 3.8) is 0 Å². The fourth-order valence-corrected chi connectivity index (χ4v) is 10.1. The molecule has 0 amide bonds. The number of aromatic nitrogens is 1. The third-order valence-corrected chi connectivity index (χ3v) is 13.2. The molecule has 6 rings (SSSR count). The number of allylic oxidation sites excluding steroid dienone is 2. The van der Waals surface area contributed by atoms with Crippen LogP contribution in [-0.4, -0.2) is 21.0 Å². The monoisotopic (exact) mass is 969 g/mol. The Morgan fingerprint density at radius 3 is 2.09 bits per heavy atom. The van der Waals surface area contributed by atoms with Crippen LogP contribution >= 0.6 is 11.3 Å². The van der Waals surface area contributed by atoms with Gasteiger partial charge in [-0.25, -0.2) is 0 Å². The van der Waals surface area contributed by atoms with E-state index in [1.165, 1.54) is 28.2 Å². The number of benzene rings is 3. The minimum atomic E-state index is -1.64. The Kier molecular flexibility index (Phi) is 13.5. The standard InChI is InChI=1S/C38H44NOS.C13H24O2.Ir/c1-35(2,3)20-24-19-27-31(38(9,10)16-15-37(27,7)8)33-29(24)30-28(40)21-39-32(34(30)41-33)23-17-22-13-11-12-14-25(22)26(18-23)36(4,5)6;1-5-10(6-2)12(14)9-13(15)11(7-3)8-4;/h11-14,18-19,21,40H,15-16,20H2,1-10H3;9-11,14H,5-8H2,1-4H3;/q-1;;/b;12-9-;/i20D2;;. The van der Waals surface area contributed by atoms with Crippen LogP contribution in [0, 0.1) is 23.3 Å². The molecule has 311 valence electrons. The Morgan fingerprint density at radius 1 is 0.912 bits per heavy atom. The Morgan fingerprint density at radius 2 is 1.51 bits per heavy atom. The van der Waals surface area contributed by atoms with Crippen LogP contribution in [0.4, 0.5) is 0 Å². The van der Waals surface area contributed by atoms with E-state index in [1.807, 2.05) is 54.5 Å². The van der Waals surface area contributed by atoms with Gasteiger partial charge in [0.05, 0.1) is 12.0 Å². The van der Waals surface area contributed by atoms with Crippen molar-refractivity contribution >= 4 is 48.1 Å². The van der Waals surface area contributed by atoms with E-state index in [9.17, 15) is 17.7 Å². The van der Waals surface area contributed by atoms with Crippen molar-refractivity contribution in [2.75, 3.05) is 0 Å². The molecule has 2 heterocycles. The molecule has 2 aromatic heterocycles. The molecular weight excluding hydrogens is 899 g/mol. The van der Waals surface area contributed by atoms with E-state index < -0.39 is 11.8 Å². The van der Waals surface area contributed by atoms with Crippen molar-refractivity contribution in [2.24, 2.45) is 17.3 Å². The van der Waals surface area contributed by atoms with E-state index in [4.69, 9.17) is 4.98 Å². The van der Waals surface area contributed by atoms with E-state index in [0.29, 0.717) is 10.9 Å². The first-order chi connectivity index (χ1) is 26.9. The molecule has 0 saturated heterocycles. The maximum atomic E-state index is 11.7. The summed E-state index contributed by atoms with van der Waals surface area (Å²) in [5.41, 5.74) is 5.16. The van der Waals surface area contributed by atoms with Gasteiger partial charge in [-0.15, -0.1) is 40.5 Å². The van der Waals surface area contributed by atoms with Crippen LogP contribution in [0.5, 0.6) is 5.75 Å².